The lowest BCUT2D eigenvalue weighted by atomic mass is 9.95. The van der Waals surface area contributed by atoms with Crippen LogP contribution in [0.3, 0.4) is 0 Å². The average Bonchev–Trinajstić information content (AvgIpc) is 2.42. The van der Waals surface area contributed by atoms with E-state index in [1.807, 2.05) is 0 Å². The molecule has 0 amide bonds. The molecule has 0 spiro atoms. The van der Waals surface area contributed by atoms with Gasteiger partial charge >= 0.3 is 11.9 Å². The molecule has 20 heavy (non-hydrogen) atoms. The van der Waals surface area contributed by atoms with E-state index in [2.05, 4.69) is 0 Å². The van der Waals surface area contributed by atoms with Gasteiger partial charge in [-0.15, -0.1) is 11.6 Å². The highest BCUT2D eigenvalue weighted by Crippen LogP contribution is 2.19. The van der Waals surface area contributed by atoms with Crippen LogP contribution in [-0.2, 0) is 6.42 Å². The predicted octanol–water partition coefficient (Wildman–Crippen LogP) is 3.81. The molecule has 0 radical (unpaired) electrons. The third kappa shape index (κ3) is 4.85. The Bertz CT molecular complexity index is 439. The van der Waals surface area contributed by atoms with Gasteiger partial charge in [0.25, 0.3) is 0 Å². The second kappa shape index (κ2) is 8.59. The second-order valence-electron chi connectivity index (χ2n) is 4.65. The Morgan fingerprint density at radius 2 is 1.40 bits per heavy atom. The summed E-state index contributed by atoms with van der Waals surface area (Å²) in [6, 6.07) is 4.38. The first-order valence-electron chi connectivity index (χ1n) is 6.72. The highest BCUT2D eigenvalue weighted by Gasteiger charge is 2.17. The Kier molecular flexibility index (Phi) is 7.09. The van der Waals surface area contributed by atoms with Crippen LogP contribution in [0, 0.1) is 0 Å². The first-order valence-corrected chi connectivity index (χ1v) is 7.25. The van der Waals surface area contributed by atoms with Crippen LogP contribution in [0.1, 0.15) is 58.4 Å². The van der Waals surface area contributed by atoms with Gasteiger partial charge in [0.05, 0.1) is 11.1 Å². The minimum Gasteiger partial charge on any atom is -0.478 e. The molecule has 0 aliphatic heterocycles. The van der Waals surface area contributed by atoms with E-state index in [-0.39, 0.29) is 11.1 Å². The van der Waals surface area contributed by atoms with Crippen LogP contribution in [0.4, 0.5) is 0 Å². The van der Waals surface area contributed by atoms with E-state index in [1.54, 1.807) is 0 Å². The zero-order valence-electron chi connectivity index (χ0n) is 11.3. The number of carboxylic acid groups (broad SMARTS) is 2. The quantitative estimate of drug-likeness (QED) is 0.537. The molecule has 1 aromatic rings. The molecule has 0 fully saturated rings. The van der Waals surface area contributed by atoms with Crippen molar-refractivity contribution >= 4 is 23.5 Å². The molecule has 110 valence electrons. The standard InChI is InChI=1S/C15H19ClO4/c16-10-5-3-1-2-4-7-11-12(14(17)18)8-6-9-13(11)15(19)20/h6,8-9H,1-5,7,10H2,(H,17,18)(H,19,20). The average molecular weight is 299 g/mol. The number of aromatic carboxylic acids is 2. The number of rotatable bonds is 9. The highest BCUT2D eigenvalue weighted by molar-refractivity contribution is 6.17. The summed E-state index contributed by atoms with van der Waals surface area (Å²) in [6.07, 6.45) is 5.27. The molecule has 0 aliphatic rings. The van der Waals surface area contributed by atoms with E-state index in [0.717, 1.165) is 32.1 Å². The predicted molar refractivity (Wildman–Crippen MR) is 77.9 cm³/mol. The molecule has 0 heterocycles. The number of carboxylic acids is 2. The third-order valence-electron chi connectivity index (χ3n) is 3.20. The van der Waals surface area contributed by atoms with Crippen molar-refractivity contribution in [3.8, 4) is 0 Å². The summed E-state index contributed by atoms with van der Waals surface area (Å²) in [7, 11) is 0. The molecule has 0 saturated carbocycles. The van der Waals surface area contributed by atoms with E-state index >= 15 is 0 Å². The fraction of sp³-hybridized carbons (Fsp3) is 0.467. The van der Waals surface area contributed by atoms with E-state index in [1.165, 1.54) is 18.2 Å². The van der Waals surface area contributed by atoms with Gasteiger partial charge in [0.2, 0.25) is 0 Å². The molecule has 1 rings (SSSR count). The topological polar surface area (TPSA) is 74.6 Å². The molecular weight excluding hydrogens is 280 g/mol. The zero-order chi connectivity index (χ0) is 15.0. The van der Waals surface area contributed by atoms with Crippen molar-refractivity contribution in [3.63, 3.8) is 0 Å². The largest absolute Gasteiger partial charge is 0.478 e. The maximum Gasteiger partial charge on any atom is 0.335 e. The van der Waals surface area contributed by atoms with Gasteiger partial charge in [0.15, 0.2) is 0 Å². The number of alkyl halides is 1. The first-order chi connectivity index (χ1) is 9.57. The van der Waals surface area contributed by atoms with Crippen molar-refractivity contribution in [3.05, 3.63) is 34.9 Å². The van der Waals surface area contributed by atoms with E-state index in [9.17, 15) is 9.59 Å². The van der Waals surface area contributed by atoms with Gasteiger partial charge < -0.3 is 10.2 Å². The summed E-state index contributed by atoms with van der Waals surface area (Å²) in [5.41, 5.74) is 0.598. The van der Waals surface area contributed by atoms with Crippen LogP contribution in [0.5, 0.6) is 0 Å². The fourth-order valence-corrected chi connectivity index (χ4v) is 2.37. The fourth-order valence-electron chi connectivity index (χ4n) is 2.18. The van der Waals surface area contributed by atoms with Crippen molar-refractivity contribution in [1.82, 2.24) is 0 Å². The van der Waals surface area contributed by atoms with Crippen molar-refractivity contribution in [2.24, 2.45) is 0 Å². The zero-order valence-corrected chi connectivity index (χ0v) is 12.0. The van der Waals surface area contributed by atoms with Crippen molar-refractivity contribution in [2.75, 3.05) is 5.88 Å². The van der Waals surface area contributed by atoms with Gasteiger partial charge in [-0.25, -0.2) is 9.59 Å². The lowest BCUT2D eigenvalue weighted by molar-refractivity contribution is 0.0695. The van der Waals surface area contributed by atoms with Crippen LogP contribution < -0.4 is 0 Å². The molecule has 4 nitrogen and oxygen atoms in total. The lowest BCUT2D eigenvalue weighted by Crippen LogP contribution is -2.10. The van der Waals surface area contributed by atoms with E-state index < -0.39 is 11.9 Å². The molecule has 5 heteroatoms. The minimum absolute atomic E-state index is 0.0886. The van der Waals surface area contributed by atoms with Gasteiger partial charge in [0.1, 0.15) is 0 Å². The third-order valence-corrected chi connectivity index (χ3v) is 3.46. The Hall–Kier alpha value is -1.55. The maximum absolute atomic E-state index is 11.2. The number of benzene rings is 1. The smallest absolute Gasteiger partial charge is 0.335 e. The van der Waals surface area contributed by atoms with Gasteiger partial charge in [-0.1, -0.05) is 25.3 Å². The molecule has 1 aromatic carbocycles. The first kappa shape index (κ1) is 16.5. The monoisotopic (exact) mass is 298 g/mol. The molecular formula is C15H19ClO4. The molecule has 2 N–H and O–H groups in total. The SMILES string of the molecule is O=C(O)c1cccc(C(=O)O)c1CCCCCCCCl. The Balaban J connectivity index is 2.71. The van der Waals surface area contributed by atoms with Crippen LogP contribution in [0.15, 0.2) is 18.2 Å². The summed E-state index contributed by atoms with van der Waals surface area (Å²) < 4.78 is 0. The van der Waals surface area contributed by atoms with Crippen molar-refractivity contribution in [2.45, 2.75) is 38.5 Å². The summed E-state index contributed by atoms with van der Waals surface area (Å²) in [4.78, 5) is 22.3. The minimum atomic E-state index is -1.08. The van der Waals surface area contributed by atoms with Crippen molar-refractivity contribution in [1.29, 1.82) is 0 Å². The Morgan fingerprint density at radius 3 is 1.90 bits per heavy atom. The second-order valence-corrected chi connectivity index (χ2v) is 5.03. The molecule has 0 aromatic heterocycles. The van der Waals surface area contributed by atoms with E-state index in [4.69, 9.17) is 21.8 Å². The van der Waals surface area contributed by atoms with Gasteiger partial charge in [-0.05, 0) is 37.0 Å². The van der Waals surface area contributed by atoms with Crippen LogP contribution >= 0.6 is 11.6 Å². The Labute approximate surface area is 123 Å². The number of carbonyl (C=O) groups is 2. The number of hydrogen-bond donors (Lipinski definition) is 2. The highest BCUT2D eigenvalue weighted by atomic mass is 35.5. The molecule has 0 unspecified atom stereocenters. The normalized spacial score (nSPS) is 10.4. The Morgan fingerprint density at radius 1 is 0.900 bits per heavy atom. The number of unbranched alkanes of at least 4 members (excludes halogenated alkanes) is 4. The molecule has 0 saturated heterocycles. The van der Waals surface area contributed by atoms with Gasteiger partial charge in [-0.3, -0.25) is 0 Å². The summed E-state index contributed by atoms with van der Waals surface area (Å²) in [5.74, 6) is -1.50. The summed E-state index contributed by atoms with van der Waals surface area (Å²) >= 11 is 5.59. The van der Waals surface area contributed by atoms with Crippen LogP contribution in [-0.4, -0.2) is 28.0 Å². The lowest BCUT2D eigenvalue weighted by Gasteiger charge is -2.09. The van der Waals surface area contributed by atoms with Crippen molar-refractivity contribution < 1.29 is 19.8 Å². The number of halogens is 1. The summed E-state index contributed by atoms with van der Waals surface area (Å²) in [6.45, 7) is 0. The summed E-state index contributed by atoms with van der Waals surface area (Å²) in [5, 5.41) is 18.3. The molecule has 0 atom stereocenters. The molecule has 0 aliphatic carbocycles. The molecule has 0 bridgehead atoms. The van der Waals surface area contributed by atoms with Crippen LogP contribution in [0.2, 0.25) is 0 Å². The van der Waals surface area contributed by atoms with Crippen LogP contribution in [0.25, 0.3) is 0 Å². The van der Waals surface area contributed by atoms with Gasteiger partial charge in [0, 0.05) is 5.88 Å². The maximum atomic E-state index is 11.2. The van der Waals surface area contributed by atoms with E-state index in [0.29, 0.717) is 17.9 Å². The number of hydrogen-bond acceptors (Lipinski definition) is 2. The van der Waals surface area contributed by atoms with Gasteiger partial charge in [-0.2, -0.15) is 0 Å².